The lowest BCUT2D eigenvalue weighted by Crippen LogP contribution is -2.18. The Bertz CT molecular complexity index is 883. The van der Waals surface area contributed by atoms with Crippen LogP contribution in [0.15, 0.2) is 41.5 Å². The van der Waals surface area contributed by atoms with Gasteiger partial charge in [-0.15, -0.1) is 0 Å². The number of nitrogens with zero attached hydrogens (tertiary/aromatic N) is 2. The zero-order valence-corrected chi connectivity index (χ0v) is 15.5. The number of nitrogens with one attached hydrogen (secondary N) is 1. The predicted molar refractivity (Wildman–Crippen MR) is 102 cm³/mol. The van der Waals surface area contributed by atoms with E-state index >= 15 is 0 Å². The number of hydrogen-bond donors (Lipinski definition) is 2. The van der Waals surface area contributed by atoms with E-state index in [9.17, 15) is 20.0 Å². The number of aromatic hydroxyl groups is 1. The number of hydrogen-bond acceptors (Lipinski definition) is 6. The molecule has 0 heterocycles. The van der Waals surface area contributed by atoms with Gasteiger partial charge in [0.05, 0.1) is 24.3 Å². The predicted octanol–water partition coefficient (Wildman–Crippen LogP) is 3.37. The van der Waals surface area contributed by atoms with Crippen LogP contribution < -0.4 is 10.2 Å². The van der Waals surface area contributed by atoms with Gasteiger partial charge in [0.2, 0.25) is 0 Å². The lowest BCUT2D eigenvalue weighted by molar-refractivity contribution is -0.385. The minimum atomic E-state index is -0.616. The number of hydrazone groups is 1. The molecule has 142 valence electrons. The summed E-state index contributed by atoms with van der Waals surface area (Å²) >= 11 is 0. The largest absolute Gasteiger partial charge is 0.504 e. The molecule has 0 aliphatic heterocycles. The maximum absolute atomic E-state index is 12.2. The first-order valence-corrected chi connectivity index (χ1v) is 8.13. The van der Waals surface area contributed by atoms with E-state index in [1.807, 2.05) is 12.1 Å². The molecule has 0 fully saturated rings. The van der Waals surface area contributed by atoms with E-state index in [0.717, 1.165) is 23.9 Å². The van der Waals surface area contributed by atoms with Gasteiger partial charge in [0, 0.05) is 17.2 Å². The van der Waals surface area contributed by atoms with Crippen molar-refractivity contribution in [2.75, 3.05) is 7.11 Å². The molecular weight excluding hydrogens is 350 g/mol. The van der Waals surface area contributed by atoms with Crippen molar-refractivity contribution in [2.24, 2.45) is 5.10 Å². The molecule has 2 N–H and O–H groups in total. The van der Waals surface area contributed by atoms with E-state index in [1.54, 1.807) is 12.1 Å². The van der Waals surface area contributed by atoms with E-state index in [4.69, 9.17) is 4.74 Å². The fraction of sp³-hybridized carbons (Fsp3) is 0.263. The summed E-state index contributed by atoms with van der Waals surface area (Å²) in [5.74, 6) is -0.811. The number of rotatable bonds is 5. The Kier molecular flexibility index (Phi) is 5.79. The van der Waals surface area contributed by atoms with E-state index in [2.05, 4.69) is 31.3 Å². The van der Waals surface area contributed by atoms with Gasteiger partial charge in [-0.2, -0.15) is 5.10 Å². The van der Waals surface area contributed by atoms with Crippen LogP contribution in [0, 0.1) is 10.1 Å². The highest BCUT2D eigenvalue weighted by molar-refractivity contribution is 5.95. The quantitative estimate of drug-likeness (QED) is 0.475. The Balaban J connectivity index is 2.16. The minimum absolute atomic E-state index is 0.0221. The van der Waals surface area contributed by atoms with Gasteiger partial charge in [-0.1, -0.05) is 32.9 Å². The topological polar surface area (TPSA) is 114 Å². The van der Waals surface area contributed by atoms with Crippen LogP contribution in [0.5, 0.6) is 11.5 Å². The van der Waals surface area contributed by atoms with Crippen molar-refractivity contribution in [3.63, 3.8) is 0 Å². The Hall–Kier alpha value is -3.42. The van der Waals surface area contributed by atoms with Gasteiger partial charge in [-0.05, 0) is 23.1 Å². The summed E-state index contributed by atoms with van der Waals surface area (Å²) in [7, 11) is 1.28. The third-order valence-corrected chi connectivity index (χ3v) is 3.90. The standard InChI is InChI=1S/C19H21N3O5/c1-19(2,3)14-7-5-12(6-8-14)18(24)21-20-11-13-9-15(22(25)26)10-16(27-4)17(13)23/h5-11,23H,1-4H3,(H,21,24)/b20-11-. The molecule has 0 radical (unpaired) electrons. The Morgan fingerprint density at radius 2 is 1.89 bits per heavy atom. The van der Waals surface area contributed by atoms with Crippen molar-refractivity contribution in [1.82, 2.24) is 5.43 Å². The van der Waals surface area contributed by atoms with Gasteiger partial charge in [0.1, 0.15) is 0 Å². The van der Waals surface area contributed by atoms with Gasteiger partial charge in [-0.25, -0.2) is 5.43 Å². The Labute approximate surface area is 156 Å². The Morgan fingerprint density at radius 3 is 2.41 bits per heavy atom. The highest BCUT2D eigenvalue weighted by Gasteiger charge is 2.16. The van der Waals surface area contributed by atoms with Crippen molar-refractivity contribution in [2.45, 2.75) is 26.2 Å². The summed E-state index contributed by atoms with van der Waals surface area (Å²) < 4.78 is 4.91. The first-order chi connectivity index (χ1) is 12.6. The first kappa shape index (κ1) is 19.9. The van der Waals surface area contributed by atoms with Crippen LogP contribution in [0.25, 0.3) is 0 Å². The molecule has 27 heavy (non-hydrogen) atoms. The number of non-ortho nitro benzene ring substituents is 1. The Morgan fingerprint density at radius 1 is 1.26 bits per heavy atom. The van der Waals surface area contributed by atoms with Crippen LogP contribution >= 0.6 is 0 Å². The number of ether oxygens (including phenoxy) is 1. The molecule has 0 aromatic heterocycles. The number of nitro benzene ring substituents is 1. The zero-order chi connectivity index (χ0) is 20.2. The minimum Gasteiger partial charge on any atom is -0.504 e. The zero-order valence-electron chi connectivity index (χ0n) is 15.5. The fourth-order valence-electron chi connectivity index (χ4n) is 2.32. The number of carbonyl (C=O) groups excluding carboxylic acids is 1. The number of methoxy groups -OCH3 is 1. The molecule has 0 unspecified atom stereocenters. The molecule has 0 saturated heterocycles. The molecule has 2 aromatic rings. The average Bonchev–Trinajstić information content (AvgIpc) is 2.62. The number of phenolic OH excluding ortho intramolecular Hbond substituents is 1. The van der Waals surface area contributed by atoms with Gasteiger partial charge in [-0.3, -0.25) is 14.9 Å². The monoisotopic (exact) mass is 371 g/mol. The lowest BCUT2D eigenvalue weighted by atomic mass is 9.87. The molecule has 2 aromatic carbocycles. The van der Waals surface area contributed by atoms with E-state index in [-0.39, 0.29) is 28.2 Å². The SMILES string of the molecule is COc1cc([N+](=O)[O-])cc(/C=N\NC(=O)c2ccc(C(C)(C)C)cc2)c1O. The summed E-state index contributed by atoms with van der Waals surface area (Å²) in [6.45, 7) is 6.23. The third-order valence-electron chi connectivity index (χ3n) is 3.90. The molecule has 0 saturated carbocycles. The molecule has 8 heteroatoms. The second-order valence-electron chi connectivity index (χ2n) is 6.87. The molecule has 0 aliphatic carbocycles. The van der Waals surface area contributed by atoms with Gasteiger partial charge in [0.25, 0.3) is 11.6 Å². The highest BCUT2D eigenvalue weighted by Crippen LogP contribution is 2.33. The van der Waals surface area contributed by atoms with Crippen LogP contribution in [-0.4, -0.2) is 29.3 Å². The number of phenols is 1. The summed E-state index contributed by atoms with van der Waals surface area (Å²) in [4.78, 5) is 22.5. The van der Waals surface area contributed by atoms with E-state index < -0.39 is 10.8 Å². The van der Waals surface area contributed by atoms with Crippen LogP contribution in [0.2, 0.25) is 0 Å². The van der Waals surface area contributed by atoms with Crippen molar-refractivity contribution >= 4 is 17.8 Å². The molecular formula is C19H21N3O5. The second-order valence-corrected chi connectivity index (χ2v) is 6.87. The molecule has 2 rings (SSSR count). The van der Waals surface area contributed by atoms with Gasteiger partial charge in [0.15, 0.2) is 11.5 Å². The fourth-order valence-corrected chi connectivity index (χ4v) is 2.32. The molecule has 0 atom stereocenters. The highest BCUT2D eigenvalue weighted by atomic mass is 16.6. The number of amides is 1. The number of nitro groups is 1. The van der Waals surface area contributed by atoms with Crippen molar-refractivity contribution in [3.8, 4) is 11.5 Å². The van der Waals surface area contributed by atoms with E-state index in [0.29, 0.717) is 5.56 Å². The van der Waals surface area contributed by atoms with Crippen molar-refractivity contribution in [1.29, 1.82) is 0 Å². The summed E-state index contributed by atoms with van der Waals surface area (Å²) in [6, 6.07) is 9.36. The van der Waals surface area contributed by atoms with Crippen LogP contribution in [-0.2, 0) is 5.41 Å². The van der Waals surface area contributed by atoms with Crippen LogP contribution in [0.4, 0.5) is 5.69 Å². The molecule has 1 amide bonds. The normalized spacial score (nSPS) is 11.4. The lowest BCUT2D eigenvalue weighted by Gasteiger charge is -2.18. The molecule has 8 nitrogen and oxygen atoms in total. The van der Waals surface area contributed by atoms with Gasteiger partial charge < -0.3 is 9.84 Å². The van der Waals surface area contributed by atoms with Crippen LogP contribution in [0.1, 0.15) is 42.3 Å². The molecule has 0 spiro atoms. The number of carbonyl (C=O) groups is 1. The summed E-state index contributed by atoms with van der Waals surface area (Å²) in [5.41, 5.74) is 3.59. The molecule has 0 aliphatic rings. The summed E-state index contributed by atoms with van der Waals surface area (Å²) in [6.07, 6.45) is 1.12. The maximum Gasteiger partial charge on any atom is 0.274 e. The maximum atomic E-state index is 12.2. The first-order valence-electron chi connectivity index (χ1n) is 8.13. The van der Waals surface area contributed by atoms with Crippen molar-refractivity contribution in [3.05, 3.63) is 63.2 Å². The third kappa shape index (κ3) is 4.81. The number of benzene rings is 2. The average molecular weight is 371 g/mol. The summed E-state index contributed by atoms with van der Waals surface area (Å²) in [5, 5.41) is 24.7. The second kappa shape index (κ2) is 7.86. The van der Waals surface area contributed by atoms with Crippen molar-refractivity contribution < 1.29 is 19.6 Å². The van der Waals surface area contributed by atoms with E-state index in [1.165, 1.54) is 7.11 Å². The smallest absolute Gasteiger partial charge is 0.274 e. The van der Waals surface area contributed by atoms with Crippen LogP contribution in [0.3, 0.4) is 0 Å². The molecule has 0 bridgehead atoms. The van der Waals surface area contributed by atoms with Gasteiger partial charge >= 0.3 is 0 Å².